The van der Waals surface area contributed by atoms with Crippen LogP contribution in [0.15, 0.2) is 0 Å². The van der Waals surface area contributed by atoms with E-state index in [4.69, 9.17) is 34.8 Å². The molecule has 15 heavy (non-hydrogen) atoms. The highest BCUT2D eigenvalue weighted by molar-refractivity contribution is 6.68. The molecule has 0 saturated heterocycles. The molecule has 0 aliphatic rings. The minimum Gasteiger partial charge on any atom is -0.392 e. The summed E-state index contributed by atoms with van der Waals surface area (Å²) in [6.45, 7) is 3.59. The number of aliphatic hydroxyl groups is 2. The summed E-state index contributed by atoms with van der Waals surface area (Å²) >= 11 is 16.2. The lowest BCUT2D eigenvalue weighted by atomic mass is 9.99. The molecule has 0 radical (unpaired) electrons. The number of carbonyl (C=O) groups excluding carboxylic acids is 1. The Morgan fingerprint density at radius 2 is 1.67 bits per heavy atom. The van der Waals surface area contributed by atoms with E-state index in [9.17, 15) is 15.0 Å². The van der Waals surface area contributed by atoms with Crippen LogP contribution in [0.4, 0.5) is 0 Å². The van der Waals surface area contributed by atoms with Crippen molar-refractivity contribution in [1.82, 2.24) is 0 Å². The van der Waals surface area contributed by atoms with Crippen LogP contribution in [0.5, 0.6) is 0 Å². The Morgan fingerprint density at radius 3 is 2.00 bits per heavy atom. The zero-order valence-corrected chi connectivity index (χ0v) is 10.9. The number of rotatable bonds is 5. The molecule has 0 aliphatic carbocycles. The molecule has 2 N–H and O–H groups in total. The number of carbonyl (C=O) groups is 1. The van der Waals surface area contributed by atoms with E-state index < -0.39 is 16.0 Å². The van der Waals surface area contributed by atoms with Crippen LogP contribution in [0.25, 0.3) is 0 Å². The van der Waals surface area contributed by atoms with Gasteiger partial charge in [-0.3, -0.25) is 4.79 Å². The Labute approximate surface area is 104 Å². The number of ketones is 1. The van der Waals surface area contributed by atoms with Crippen LogP contribution in [0.3, 0.4) is 0 Å². The maximum Gasteiger partial charge on any atom is 0.216 e. The third-order valence-corrected chi connectivity index (χ3v) is 2.76. The second-order valence-corrected chi connectivity index (χ2v) is 6.18. The summed E-state index contributed by atoms with van der Waals surface area (Å²) in [6.07, 6.45) is -2.36. The van der Waals surface area contributed by atoms with Gasteiger partial charge in [0.1, 0.15) is 11.9 Å². The fourth-order valence-corrected chi connectivity index (χ4v) is 1.12. The zero-order valence-electron chi connectivity index (χ0n) is 8.58. The molecular weight excluding hydrogens is 262 g/mol. The number of hydrogen-bond donors (Lipinski definition) is 2. The van der Waals surface area contributed by atoms with E-state index in [2.05, 4.69) is 0 Å². The van der Waals surface area contributed by atoms with Gasteiger partial charge in [-0.1, -0.05) is 48.7 Å². The van der Waals surface area contributed by atoms with Gasteiger partial charge in [-0.05, 0) is 5.92 Å². The first-order valence-corrected chi connectivity index (χ1v) is 5.72. The van der Waals surface area contributed by atoms with Crippen molar-refractivity contribution in [2.75, 3.05) is 0 Å². The SMILES string of the molecule is CC(C)[C@H](O)CC(=O)C[C@H](O)C(Cl)(Cl)Cl. The lowest BCUT2D eigenvalue weighted by Gasteiger charge is -2.19. The van der Waals surface area contributed by atoms with Gasteiger partial charge in [0.2, 0.25) is 3.79 Å². The van der Waals surface area contributed by atoms with E-state index >= 15 is 0 Å². The van der Waals surface area contributed by atoms with E-state index in [0.717, 1.165) is 0 Å². The fraction of sp³-hybridized carbons (Fsp3) is 0.889. The summed E-state index contributed by atoms with van der Waals surface area (Å²) in [4.78, 5) is 11.3. The average molecular weight is 278 g/mol. The zero-order chi connectivity index (χ0) is 12.2. The van der Waals surface area contributed by atoms with Gasteiger partial charge in [-0.2, -0.15) is 0 Å². The van der Waals surface area contributed by atoms with E-state index in [1.54, 1.807) is 13.8 Å². The van der Waals surface area contributed by atoms with Crippen LogP contribution in [-0.2, 0) is 4.79 Å². The van der Waals surface area contributed by atoms with Gasteiger partial charge < -0.3 is 10.2 Å². The van der Waals surface area contributed by atoms with Gasteiger partial charge in [0.25, 0.3) is 0 Å². The summed E-state index contributed by atoms with van der Waals surface area (Å²) in [5, 5.41) is 18.7. The minimum atomic E-state index is -1.86. The predicted octanol–water partition coefficient (Wildman–Crippen LogP) is 2.08. The maximum atomic E-state index is 11.3. The summed E-state index contributed by atoms with van der Waals surface area (Å²) in [7, 11) is 0. The third kappa shape index (κ3) is 6.59. The minimum absolute atomic E-state index is 0.0149. The number of alkyl halides is 3. The Morgan fingerprint density at radius 1 is 1.20 bits per heavy atom. The molecular formula is C9H15Cl3O3. The standard InChI is InChI=1S/C9H15Cl3O3/c1-5(2)7(14)3-6(13)4-8(15)9(10,11)12/h5,7-8,14-15H,3-4H2,1-2H3/t7-,8+/m1/s1. The first kappa shape index (κ1) is 15.5. The number of Topliss-reactive ketones (excluding diaryl/α,β-unsaturated/α-hetero) is 1. The first-order chi connectivity index (χ1) is 6.64. The van der Waals surface area contributed by atoms with Gasteiger partial charge in [0, 0.05) is 12.8 Å². The molecule has 0 aliphatic heterocycles. The van der Waals surface area contributed by atoms with Crippen LogP contribution in [0.1, 0.15) is 26.7 Å². The van der Waals surface area contributed by atoms with Crippen molar-refractivity contribution < 1.29 is 15.0 Å². The highest BCUT2D eigenvalue weighted by Crippen LogP contribution is 2.32. The van der Waals surface area contributed by atoms with Gasteiger partial charge >= 0.3 is 0 Å². The smallest absolute Gasteiger partial charge is 0.216 e. The maximum absolute atomic E-state index is 11.3. The van der Waals surface area contributed by atoms with Crippen molar-refractivity contribution >= 4 is 40.6 Å². The van der Waals surface area contributed by atoms with E-state index in [1.165, 1.54) is 0 Å². The first-order valence-electron chi connectivity index (χ1n) is 4.59. The second-order valence-electron chi connectivity index (χ2n) is 3.82. The van der Waals surface area contributed by atoms with E-state index in [1.807, 2.05) is 0 Å². The Kier molecular flexibility index (Phi) is 6.45. The van der Waals surface area contributed by atoms with Crippen molar-refractivity contribution in [1.29, 1.82) is 0 Å². The number of halogens is 3. The van der Waals surface area contributed by atoms with Crippen molar-refractivity contribution in [3.8, 4) is 0 Å². The molecule has 0 aromatic heterocycles. The normalized spacial score (nSPS) is 16.5. The topological polar surface area (TPSA) is 57.5 Å². The Hall–Kier alpha value is 0.460. The summed E-state index contributed by atoms with van der Waals surface area (Å²) < 4.78 is -1.86. The Bertz CT molecular complexity index is 213. The molecule has 0 heterocycles. The van der Waals surface area contributed by atoms with E-state index in [0.29, 0.717) is 0 Å². The van der Waals surface area contributed by atoms with Crippen molar-refractivity contribution in [3.05, 3.63) is 0 Å². The van der Waals surface area contributed by atoms with Crippen molar-refractivity contribution in [2.45, 2.75) is 42.7 Å². The lowest BCUT2D eigenvalue weighted by Crippen LogP contribution is -2.30. The second kappa shape index (κ2) is 6.26. The fourth-order valence-electron chi connectivity index (χ4n) is 0.884. The molecule has 90 valence electrons. The largest absolute Gasteiger partial charge is 0.392 e. The van der Waals surface area contributed by atoms with E-state index in [-0.39, 0.29) is 24.5 Å². The van der Waals surface area contributed by atoms with Crippen molar-refractivity contribution in [3.63, 3.8) is 0 Å². The van der Waals surface area contributed by atoms with Gasteiger partial charge in [-0.15, -0.1) is 0 Å². The highest BCUT2D eigenvalue weighted by Gasteiger charge is 2.32. The quantitative estimate of drug-likeness (QED) is 0.757. The number of hydrogen-bond acceptors (Lipinski definition) is 3. The molecule has 0 aromatic carbocycles. The molecule has 6 heteroatoms. The molecule has 0 bridgehead atoms. The third-order valence-electron chi connectivity index (χ3n) is 2.01. The van der Waals surface area contributed by atoms with Gasteiger partial charge in [0.05, 0.1) is 6.10 Å². The predicted molar refractivity (Wildman–Crippen MR) is 61.4 cm³/mol. The summed E-state index contributed by atoms with van der Waals surface area (Å²) in [5.74, 6) is -0.339. The van der Waals surface area contributed by atoms with Crippen LogP contribution >= 0.6 is 34.8 Å². The van der Waals surface area contributed by atoms with Crippen LogP contribution in [0.2, 0.25) is 0 Å². The molecule has 0 saturated carbocycles. The molecule has 0 unspecified atom stereocenters. The van der Waals surface area contributed by atoms with Crippen LogP contribution in [-0.4, -0.2) is 32.0 Å². The van der Waals surface area contributed by atoms with Crippen LogP contribution in [0, 0.1) is 5.92 Å². The Balaban J connectivity index is 4.05. The molecule has 0 fully saturated rings. The van der Waals surface area contributed by atoms with Gasteiger partial charge in [-0.25, -0.2) is 0 Å². The summed E-state index contributed by atoms with van der Waals surface area (Å²) in [6, 6.07) is 0. The molecule has 2 atom stereocenters. The lowest BCUT2D eigenvalue weighted by molar-refractivity contribution is -0.123. The highest BCUT2D eigenvalue weighted by atomic mass is 35.6. The molecule has 0 rings (SSSR count). The summed E-state index contributed by atoms with van der Waals surface area (Å²) in [5.41, 5.74) is 0. The monoisotopic (exact) mass is 276 g/mol. The average Bonchev–Trinajstić information content (AvgIpc) is 2.01. The van der Waals surface area contributed by atoms with Crippen LogP contribution < -0.4 is 0 Å². The molecule has 0 aromatic rings. The number of aliphatic hydroxyl groups excluding tert-OH is 2. The molecule has 0 amide bonds. The molecule has 0 spiro atoms. The van der Waals surface area contributed by atoms with Gasteiger partial charge in [0.15, 0.2) is 0 Å². The van der Waals surface area contributed by atoms with Crippen molar-refractivity contribution in [2.24, 2.45) is 5.92 Å². The molecule has 3 nitrogen and oxygen atoms in total.